The van der Waals surface area contributed by atoms with Crippen LogP contribution in [0.4, 0.5) is 0 Å². The van der Waals surface area contributed by atoms with Crippen LogP contribution >= 0.6 is 11.8 Å². The lowest BCUT2D eigenvalue weighted by Gasteiger charge is -2.16. The molecule has 1 aliphatic heterocycles. The van der Waals surface area contributed by atoms with Crippen LogP contribution in [0.2, 0.25) is 0 Å². The molecule has 2 rings (SSSR count). The van der Waals surface area contributed by atoms with Crippen LogP contribution in [-0.2, 0) is 4.74 Å². The van der Waals surface area contributed by atoms with Crippen LogP contribution < -0.4 is 5.73 Å². The van der Waals surface area contributed by atoms with E-state index in [1.165, 1.54) is 44.9 Å². The third-order valence-corrected chi connectivity index (χ3v) is 5.30. The average Bonchev–Trinajstić information content (AvgIpc) is 2.96. The van der Waals surface area contributed by atoms with Gasteiger partial charge in [0.15, 0.2) is 0 Å². The fraction of sp³-hybridized carbons (Fsp3) is 1.00. The Morgan fingerprint density at radius 1 is 1.19 bits per heavy atom. The molecule has 2 N–H and O–H groups in total. The minimum Gasteiger partial charge on any atom is -0.378 e. The van der Waals surface area contributed by atoms with Crippen LogP contribution in [0.5, 0.6) is 0 Å². The molecule has 0 aromatic carbocycles. The van der Waals surface area contributed by atoms with E-state index in [1.807, 2.05) is 0 Å². The zero-order valence-corrected chi connectivity index (χ0v) is 11.0. The maximum atomic E-state index is 6.15. The summed E-state index contributed by atoms with van der Waals surface area (Å²) in [5, 5.41) is 0.911. The van der Waals surface area contributed by atoms with Crippen molar-refractivity contribution < 1.29 is 4.74 Å². The molecule has 0 radical (unpaired) electrons. The molecular weight excluding hydrogens is 218 g/mol. The largest absolute Gasteiger partial charge is 0.378 e. The predicted octanol–water partition coefficient (Wildman–Crippen LogP) is 2.95. The minimum absolute atomic E-state index is 0.384. The van der Waals surface area contributed by atoms with Gasteiger partial charge in [0, 0.05) is 23.7 Å². The number of ether oxygens (including phenoxy) is 1. The van der Waals surface area contributed by atoms with Gasteiger partial charge in [0.05, 0.1) is 6.10 Å². The van der Waals surface area contributed by atoms with Gasteiger partial charge < -0.3 is 10.5 Å². The zero-order valence-electron chi connectivity index (χ0n) is 10.2. The normalized spacial score (nSPS) is 28.7. The monoisotopic (exact) mass is 243 g/mol. The van der Waals surface area contributed by atoms with E-state index in [0.29, 0.717) is 12.1 Å². The van der Waals surface area contributed by atoms with Crippen LogP contribution in [0.15, 0.2) is 0 Å². The Morgan fingerprint density at radius 2 is 2.00 bits per heavy atom. The SMILES string of the molecule is NC(CCC1CCCO1)CSC1CCCC1. The number of hydrogen-bond acceptors (Lipinski definition) is 3. The first kappa shape index (κ1) is 12.7. The second kappa shape index (κ2) is 6.87. The standard InChI is InChI=1S/C13H25NOS/c14-11(7-8-12-4-3-9-15-12)10-16-13-5-1-2-6-13/h11-13H,1-10,14H2. The van der Waals surface area contributed by atoms with E-state index >= 15 is 0 Å². The highest BCUT2D eigenvalue weighted by Crippen LogP contribution is 2.30. The first-order chi connectivity index (χ1) is 7.84. The summed E-state index contributed by atoms with van der Waals surface area (Å²) in [5.74, 6) is 1.15. The van der Waals surface area contributed by atoms with E-state index in [2.05, 4.69) is 11.8 Å². The smallest absolute Gasteiger partial charge is 0.0576 e. The Bertz CT molecular complexity index is 168. The van der Waals surface area contributed by atoms with Crippen LogP contribution in [0.25, 0.3) is 0 Å². The summed E-state index contributed by atoms with van der Waals surface area (Å²) in [6.45, 7) is 0.969. The van der Waals surface area contributed by atoms with Crippen molar-refractivity contribution in [2.75, 3.05) is 12.4 Å². The number of hydrogen-bond donors (Lipinski definition) is 1. The van der Waals surface area contributed by atoms with E-state index in [4.69, 9.17) is 10.5 Å². The third kappa shape index (κ3) is 4.27. The summed E-state index contributed by atoms with van der Waals surface area (Å²) in [5.41, 5.74) is 6.15. The zero-order chi connectivity index (χ0) is 11.2. The van der Waals surface area contributed by atoms with Crippen molar-refractivity contribution in [1.82, 2.24) is 0 Å². The van der Waals surface area contributed by atoms with Gasteiger partial charge in [-0.05, 0) is 38.5 Å². The van der Waals surface area contributed by atoms with Crippen LogP contribution in [0.3, 0.4) is 0 Å². The second-order valence-electron chi connectivity index (χ2n) is 5.21. The minimum atomic E-state index is 0.384. The molecule has 3 heteroatoms. The molecule has 94 valence electrons. The molecule has 0 aromatic heterocycles. The topological polar surface area (TPSA) is 35.2 Å². The molecule has 2 unspecified atom stereocenters. The summed E-state index contributed by atoms with van der Waals surface area (Å²) < 4.78 is 5.62. The van der Waals surface area contributed by atoms with Gasteiger partial charge in [-0.25, -0.2) is 0 Å². The lowest BCUT2D eigenvalue weighted by atomic mass is 10.1. The van der Waals surface area contributed by atoms with Gasteiger partial charge >= 0.3 is 0 Å². The summed E-state index contributed by atoms with van der Waals surface area (Å²) >= 11 is 2.11. The molecule has 16 heavy (non-hydrogen) atoms. The van der Waals surface area contributed by atoms with Gasteiger partial charge in [0.25, 0.3) is 0 Å². The second-order valence-corrected chi connectivity index (χ2v) is 6.55. The van der Waals surface area contributed by atoms with Crippen molar-refractivity contribution in [3.63, 3.8) is 0 Å². The van der Waals surface area contributed by atoms with E-state index < -0.39 is 0 Å². The number of rotatable bonds is 6. The van der Waals surface area contributed by atoms with Gasteiger partial charge in [0.2, 0.25) is 0 Å². The van der Waals surface area contributed by atoms with Gasteiger partial charge in [-0.3, -0.25) is 0 Å². The van der Waals surface area contributed by atoms with E-state index in [-0.39, 0.29) is 0 Å². The van der Waals surface area contributed by atoms with Crippen molar-refractivity contribution in [2.24, 2.45) is 5.73 Å². The molecular formula is C13H25NOS. The quantitative estimate of drug-likeness (QED) is 0.779. The van der Waals surface area contributed by atoms with Crippen LogP contribution in [0.1, 0.15) is 51.4 Å². The van der Waals surface area contributed by atoms with E-state index in [0.717, 1.165) is 24.0 Å². The van der Waals surface area contributed by atoms with Crippen molar-refractivity contribution >= 4 is 11.8 Å². The third-order valence-electron chi connectivity index (χ3n) is 3.73. The first-order valence-corrected chi connectivity index (χ1v) is 7.88. The van der Waals surface area contributed by atoms with Crippen molar-refractivity contribution in [2.45, 2.75) is 68.8 Å². The van der Waals surface area contributed by atoms with Gasteiger partial charge in [-0.15, -0.1) is 0 Å². The lowest BCUT2D eigenvalue weighted by Crippen LogP contribution is -2.25. The number of nitrogens with two attached hydrogens (primary N) is 1. The molecule has 2 nitrogen and oxygen atoms in total. The fourth-order valence-corrected chi connectivity index (χ4v) is 4.02. The highest BCUT2D eigenvalue weighted by atomic mass is 32.2. The highest BCUT2D eigenvalue weighted by molar-refractivity contribution is 7.99. The molecule has 0 aromatic rings. The van der Waals surface area contributed by atoms with Gasteiger partial charge in [-0.2, -0.15) is 11.8 Å². The summed E-state index contributed by atoms with van der Waals surface area (Å²) in [4.78, 5) is 0. The van der Waals surface area contributed by atoms with Gasteiger partial charge in [-0.1, -0.05) is 12.8 Å². The Hall–Kier alpha value is 0.270. The Morgan fingerprint density at radius 3 is 2.69 bits per heavy atom. The maximum absolute atomic E-state index is 6.15. The molecule has 0 spiro atoms. The van der Waals surface area contributed by atoms with E-state index in [1.54, 1.807) is 0 Å². The Labute approximate surface area is 104 Å². The summed E-state index contributed by atoms with van der Waals surface area (Å²) in [6, 6.07) is 0.384. The van der Waals surface area contributed by atoms with Gasteiger partial charge in [0.1, 0.15) is 0 Å². The van der Waals surface area contributed by atoms with Crippen molar-refractivity contribution in [3.8, 4) is 0 Å². The molecule has 0 bridgehead atoms. The average molecular weight is 243 g/mol. The summed E-state index contributed by atoms with van der Waals surface area (Å²) in [7, 11) is 0. The fourth-order valence-electron chi connectivity index (χ4n) is 2.67. The van der Waals surface area contributed by atoms with Crippen molar-refractivity contribution in [3.05, 3.63) is 0 Å². The molecule has 0 amide bonds. The Kier molecular flexibility index (Phi) is 5.46. The van der Waals surface area contributed by atoms with Crippen molar-refractivity contribution in [1.29, 1.82) is 0 Å². The highest BCUT2D eigenvalue weighted by Gasteiger charge is 2.19. The summed E-state index contributed by atoms with van der Waals surface area (Å²) in [6.07, 6.45) is 11.0. The molecule has 1 saturated heterocycles. The maximum Gasteiger partial charge on any atom is 0.0576 e. The predicted molar refractivity (Wildman–Crippen MR) is 70.9 cm³/mol. The Balaban J connectivity index is 1.51. The van der Waals surface area contributed by atoms with Crippen LogP contribution in [0, 0.1) is 0 Å². The van der Waals surface area contributed by atoms with E-state index in [9.17, 15) is 0 Å². The van der Waals surface area contributed by atoms with Crippen LogP contribution in [-0.4, -0.2) is 29.8 Å². The molecule has 1 saturated carbocycles. The molecule has 2 aliphatic rings. The number of thioether (sulfide) groups is 1. The molecule has 1 aliphatic carbocycles. The first-order valence-electron chi connectivity index (χ1n) is 6.83. The molecule has 1 heterocycles. The lowest BCUT2D eigenvalue weighted by molar-refractivity contribution is 0.101. The molecule has 2 atom stereocenters. The molecule has 2 fully saturated rings.